The van der Waals surface area contributed by atoms with Crippen molar-refractivity contribution < 1.29 is 0 Å². The molecule has 0 bridgehead atoms. The highest BCUT2D eigenvalue weighted by molar-refractivity contribution is 9.11. The molecule has 0 radical (unpaired) electrons. The summed E-state index contributed by atoms with van der Waals surface area (Å²) < 4.78 is 1.24. The first-order valence-electron chi connectivity index (χ1n) is 8.13. The van der Waals surface area contributed by atoms with E-state index < -0.39 is 0 Å². The van der Waals surface area contributed by atoms with Crippen LogP contribution in [0.5, 0.6) is 0 Å². The van der Waals surface area contributed by atoms with Crippen LogP contribution in [0.1, 0.15) is 44.4 Å². The number of halogens is 1. The predicted octanol–water partition coefficient (Wildman–Crippen LogP) is 4.54. The first-order valence-corrected chi connectivity index (χ1v) is 9.74. The van der Waals surface area contributed by atoms with E-state index in [1.165, 1.54) is 34.3 Å². The number of hydrogen-bond donors (Lipinski definition) is 1. The van der Waals surface area contributed by atoms with Crippen molar-refractivity contribution in [1.29, 1.82) is 0 Å². The van der Waals surface area contributed by atoms with Gasteiger partial charge in [0.25, 0.3) is 0 Å². The van der Waals surface area contributed by atoms with Crippen molar-refractivity contribution >= 4 is 27.3 Å². The summed E-state index contributed by atoms with van der Waals surface area (Å²) in [7, 11) is 4.54. The van der Waals surface area contributed by atoms with Crippen molar-refractivity contribution in [3.8, 4) is 0 Å². The van der Waals surface area contributed by atoms with E-state index >= 15 is 0 Å². The Morgan fingerprint density at radius 1 is 1.48 bits per heavy atom. The van der Waals surface area contributed by atoms with Crippen LogP contribution in [0.2, 0.25) is 0 Å². The first kappa shape index (κ1) is 17.5. The summed E-state index contributed by atoms with van der Waals surface area (Å²) in [6.45, 7) is 5.69. The second-order valence-corrected chi connectivity index (χ2v) is 9.27. The molecule has 1 N–H and O–H groups in total. The number of likely N-dealkylation sites (N-methyl/N-ethyl adjacent to an activating group) is 2. The largest absolute Gasteiger partial charge is 0.312 e. The Labute approximate surface area is 142 Å². The van der Waals surface area contributed by atoms with Crippen LogP contribution in [0.25, 0.3) is 0 Å². The molecule has 1 aliphatic carbocycles. The fraction of sp³-hybridized carbons (Fsp3) is 0.765. The molecule has 1 heterocycles. The monoisotopic (exact) mass is 372 g/mol. The fourth-order valence-corrected chi connectivity index (χ4v) is 5.49. The molecule has 1 aromatic rings. The summed E-state index contributed by atoms with van der Waals surface area (Å²) in [5.74, 6) is 0.831. The zero-order chi connectivity index (χ0) is 15.5. The van der Waals surface area contributed by atoms with Gasteiger partial charge in [-0.15, -0.1) is 11.3 Å². The minimum absolute atomic E-state index is 0.296. The molecule has 3 unspecified atom stereocenters. The summed E-state index contributed by atoms with van der Waals surface area (Å²) >= 11 is 5.47. The smallest absolute Gasteiger partial charge is 0.0701 e. The normalized spacial score (nSPS) is 28.0. The van der Waals surface area contributed by atoms with Crippen LogP contribution in [0.15, 0.2) is 15.9 Å². The Hall–Kier alpha value is 0.1000. The van der Waals surface area contributed by atoms with E-state index in [9.17, 15) is 0 Å². The number of hydrogen-bond acceptors (Lipinski definition) is 3. The molecule has 1 aliphatic rings. The van der Waals surface area contributed by atoms with Crippen molar-refractivity contribution in [3.05, 3.63) is 20.8 Å². The predicted molar refractivity (Wildman–Crippen MR) is 97.2 cm³/mol. The zero-order valence-corrected chi connectivity index (χ0v) is 16.2. The van der Waals surface area contributed by atoms with Crippen LogP contribution in [0.4, 0.5) is 0 Å². The van der Waals surface area contributed by atoms with E-state index in [0.717, 1.165) is 18.9 Å². The van der Waals surface area contributed by atoms with Crippen LogP contribution in [0, 0.1) is 5.92 Å². The van der Waals surface area contributed by atoms with Crippen LogP contribution in [-0.4, -0.2) is 37.1 Å². The Balaban J connectivity index is 2.23. The van der Waals surface area contributed by atoms with Crippen molar-refractivity contribution in [2.75, 3.05) is 20.6 Å². The lowest BCUT2D eigenvalue weighted by Crippen LogP contribution is -2.61. The average Bonchev–Trinajstić information content (AvgIpc) is 2.83. The van der Waals surface area contributed by atoms with Crippen molar-refractivity contribution in [2.24, 2.45) is 5.92 Å². The van der Waals surface area contributed by atoms with Crippen LogP contribution in [-0.2, 0) is 6.42 Å². The van der Waals surface area contributed by atoms with E-state index in [2.05, 4.69) is 66.2 Å². The second kappa shape index (κ2) is 7.58. The van der Waals surface area contributed by atoms with Crippen LogP contribution >= 0.6 is 27.3 Å². The maximum Gasteiger partial charge on any atom is 0.0701 e. The number of rotatable bonds is 6. The van der Waals surface area contributed by atoms with E-state index in [0.29, 0.717) is 11.6 Å². The summed E-state index contributed by atoms with van der Waals surface area (Å²) in [4.78, 5) is 3.98. The molecule has 120 valence electrons. The Kier molecular flexibility index (Phi) is 6.30. The van der Waals surface area contributed by atoms with Gasteiger partial charge in [-0.25, -0.2) is 0 Å². The maximum absolute atomic E-state index is 3.80. The molecule has 2 nitrogen and oxygen atoms in total. The lowest BCUT2D eigenvalue weighted by atomic mass is 9.70. The van der Waals surface area contributed by atoms with Gasteiger partial charge in [-0.1, -0.05) is 26.7 Å². The third-order valence-corrected chi connectivity index (χ3v) is 6.68. The van der Waals surface area contributed by atoms with E-state index in [1.54, 1.807) is 0 Å². The van der Waals surface area contributed by atoms with Crippen molar-refractivity contribution in [1.82, 2.24) is 10.2 Å². The Morgan fingerprint density at radius 2 is 2.24 bits per heavy atom. The van der Waals surface area contributed by atoms with Gasteiger partial charge >= 0.3 is 0 Å². The van der Waals surface area contributed by atoms with Gasteiger partial charge in [-0.3, -0.25) is 0 Å². The highest BCUT2D eigenvalue weighted by Gasteiger charge is 2.43. The van der Waals surface area contributed by atoms with Gasteiger partial charge in [0, 0.05) is 16.5 Å². The minimum Gasteiger partial charge on any atom is -0.312 e. The molecule has 2 rings (SSSR count). The number of thiophene rings is 1. The van der Waals surface area contributed by atoms with Gasteiger partial charge in [0.2, 0.25) is 0 Å². The third-order valence-electron chi connectivity index (χ3n) is 5.03. The topological polar surface area (TPSA) is 15.3 Å². The lowest BCUT2D eigenvalue weighted by molar-refractivity contribution is 0.0381. The van der Waals surface area contributed by atoms with Crippen LogP contribution < -0.4 is 5.32 Å². The third kappa shape index (κ3) is 4.10. The molecule has 0 aliphatic heterocycles. The summed E-state index contributed by atoms with van der Waals surface area (Å²) in [5, 5.41) is 3.80. The highest BCUT2D eigenvalue weighted by Crippen LogP contribution is 2.39. The molecule has 0 saturated heterocycles. The van der Waals surface area contributed by atoms with Gasteiger partial charge in [-0.2, -0.15) is 0 Å². The minimum atomic E-state index is 0.296. The van der Waals surface area contributed by atoms with E-state index in [4.69, 9.17) is 0 Å². The summed E-state index contributed by atoms with van der Waals surface area (Å²) in [6.07, 6.45) is 6.50. The van der Waals surface area contributed by atoms with Crippen LogP contribution in [0.3, 0.4) is 0 Å². The molecular weight excluding hydrogens is 344 g/mol. The molecule has 4 heteroatoms. The molecule has 0 spiro atoms. The SMILES string of the molecule is CCNC(Cc1ccc(Br)s1)C1(N(C)C)CCCC(C)C1. The van der Waals surface area contributed by atoms with Gasteiger partial charge < -0.3 is 10.2 Å². The zero-order valence-electron chi connectivity index (χ0n) is 13.8. The molecule has 1 saturated carbocycles. The average molecular weight is 373 g/mol. The van der Waals surface area contributed by atoms with Gasteiger partial charge in [-0.05, 0) is 73.9 Å². The van der Waals surface area contributed by atoms with Gasteiger partial charge in [0.05, 0.1) is 3.79 Å². The molecule has 3 atom stereocenters. The molecule has 0 amide bonds. The first-order chi connectivity index (χ1) is 9.98. The van der Waals surface area contributed by atoms with Gasteiger partial charge in [0.1, 0.15) is 0 Å². The standard InChI is InChI=1S/C17H29BrN2S/c1-5-19-15(11-14-8-9-16(18)21-14)17(20(3)4)10-6-7-13(2)12-17/h8-9,13,15,19H,5-7,10-12H2,1-4H3. The summed E-state index contributed by atoms with van der Waals surface area (Å²) in [6, 6.07) is 4.98. The second-order valence-electron chi connectivity index (χ2n) is 6.72. The van der Waals surface area contributed by atoms with E-state index in [-0.39, 0.29) is 0 Å². The van der Waals surface area contributed by atoms with Gasteiger partial charge in [0.15, 0.2) is 0 Å². The maximum atomic E-state index is 3.80. The molecular formula is C17H29BrN2S. The highest BCUT2D eigenvalue weighted by atomic mass is 79.9. The Bertz CT molecular complexity index is 446. The lowest BCUT2D eigenvalue weighted by Gasteiger charge is -2.50. The summed E-state index contributed by atoms with van der Waals surface area (Å²) in [5.41, 5.74) is 0.296. The van der Waals surface area contributed by atoms with Crippen molar-refractivity contribution in [2.45, 2.75) is 57.5 Å². The number of nitrogens with zero attached hydrogens (tertiary/aromatic N) is 1. The molecule has 1 fully saturated rings. The molecule has 1 aromatic heterocycles. The molecule has 0 aromatic carbocycles. The van der Waals surface area contributed by atoms with Crippen molar-refractivity contribution in [3.63, 3.8) is 0 Å². The Morgan fingerprint density at radius 3 is 2.76 bits per heavy atom. The fourth-order valence-electron chi connectivity index (χ4n) is 3.96. The molecule has 21 heavy (non-hydrogen) atoms. The number of nitrogens with one attached hydrogen (secondary N) is 1. The van der Waals surface area contributed by atoms with E-state index in [1.807, 2.05) is 11.3 Å². The quantitative estimate of drug-likeness (QED) is 0.788.